The molecule has 2 heterocycles. The van der Waals surface area contributed by atoms with Crippen LogP contribution in [0.5, 0.6) is 0 Å². The standard InChI is InChI=1S/C9H12O4.C5H7BrO2.C4H6O2.Na/c1-6(2)9(11)13-8-5-12-4-3-7(8)10;6-4-3-8-2-1-5(4)7;1-3(2)4(5)6;/h8H,1,3-5H2,2H3;4H,1-3H2;1H2,2H3,(H,5,6);/q;;;+1/p-1. The summed E-state index contributed by atoms with van der Waals surface area (Å²) in [7, 11) is 0. The third-order valence-electron chi connectivity index (χ3n) is 3.17. The van der Waals surface area contributed by atoms with E-state index in [0.29, 0.717) is 38.2 Å². The summed E-state index contributed by atoms with van der Waals surface area (Å²) >= 11 is 3.18. The van der Waals surface area contributed by atoms with E-state index < -0.39 is 18.0 Å². The predicted octanol–water partition coefficient (Wildman–Crippen LogP) is -2.48. The summed E-state index contributed by atoms with van der Waals surface area (Å²) in [5, 5.41) is 9.49. The Morgan fingerprint density at radius 1 is 1.04 bits per heavy atom. The number of aliphatic carboxylic acids is 1. The van der Waals surface area contributed by atoms with Crippen LogP contribution in [0.3, 0.4) is 0 Å². The SMILES string of the molecule is C=C(C)C(=O)OC1COCCC1=O.C=C(C)C(=O)[O-].O=C1CCOCC1Br.[Na+]. The molecule has 2 aliphatic heterocycles. The molecule has 8 nitrogen and oxygen atoms in total. The molecule has 10 heteroatoms. The number of halogens is 1. The third-order valence-corrected chi connectivity index (χ3v) is 3.95. The monoisotopic (exact) mass is 470 g/mol. The summed E-state index contributed by atoms with van der Waals surface area (Å²) in [5.41, 5.74) is 0.355. The predicted molar refractivity (Wildman–Crippen MR) is 98.1 cm³/mol. The van der Waals surface area contributed by atoms with E-state index in [-0.39, 0.29) is 58.1 Å². The van der Waals surface area contributed by atoms with Crippen molar-refractivity contribution in [3.05, 3.63) is 24.3 Å². The van der Waals surface area contributed by atoms with Gasteiger partial charge in [-0.1, -0.05) is 29.1 Å². The van der Waals surface area contributed by atoms with Gasteiger partial charge in [-0.05, 0) is 19.4 Å². The zero-order valence-corrected chi connectivity index (χ0v) is 20.0. The van der Waals surface area contributed by atoms with Crippen LogP contribution in [0.25, 0.3) is 0 Å². The van der Waals surface area contributed by atoms with E-state index in [1.54, 1.807) is 0 Å². The Balaban J connectivity index is 0. The fourth-order valence-electron chi connectivity index (χ4n) is 1.56. The van der Waals surface area contributed by atoms with Gasteiger partial charge in [-0.25, -0.2) is 4.79 Å². The minimum atomic E-state index is -1.19. The minimum absolute atomic E-state index is 0. The number of carboxylic acids is 1. The van der Waals surface area contributed by atoms with Crippen molar-refractivity contribution in [1.29, 1.82) is 0 Å². The van der Waals surface area contributed by atoms with Gasteiger partial charge in [-0.2, -0.15) is 0 Å². The van der Waals surface area contributed by atoms with Crippen molar-refractivity contribution in [3.8, 4) is 0 Å². The number of carboxylic acid groups (broad SMARTS) is 1. The second kappa shape index (κ2) is 16.0. The summed E-state index contributed by atoms with van der Waals surface area (Å²) in [6.07, 6.45) is 0.141. The summed E-state index contributed by atoms with van der Waals surface area (Å²) in [4.78, 5) is 42.3. The van der Waals surface area contributed by atoms with Gasteiger partial charge in [0, 0.05) is 18.4 Å². The Morgan fingerprint density at radius 3 is 1.82 bits per heavy atom. The van der Waals surface area contributed by atoms with Crippen LogP contribution < -0.4 is 34.7 Å². The summed E-state index contributed by atoms with van der Waals surface area (Å²) in [5.74, 6) is -1.55. The normalized spacial score (nSPS) is 20.8. The molecule has 0 aliphatic carbocycles. The van der Waals surface area contributed by atoms with Crippen molar-refractivity contribution >= 4 is 39.4 Å². The maximum absolute atomic E-state index is 11.2. The zero-order valence-electron chi connectivity index (χ0n) is 16.5. The molecular weight excluding hydrogens is 447 g/mol. The Morgan fingerprint density at radius 2 is 1.50 bits per heavy atom. The Hall–Kier alpha value is -0.840. The number of esters is 1. The van der Waals surface area contributed by atoms with E-state index in [0.717, 1.165) is 0 Å². The number of carbonyl (C=O) groups excluding carboxylic acids is 4. The molecule has 0 spiro atoms. The van der Waals surface area contributed by atoms with Crippen LogP contribution in [-0.2, 0) is 33.4 Å². The minimum Gasteiger partial charge on any atom is -0.545 e. The molecule has 0 radical (unpaired) electrons. The average Bonchev–Trinajstić information content (AvgIpc) is 2.60. The largest absolute Gasteiger partial charge is 1.00 e. The van der Waals surface area contributed by atoms with E-state index in [4.69, 9.17) is 14.2 Å². The molecule has 0 aromatic rings. The molecule has 2 unspecified atom stereocenters. The molecule has 0 N–H and O–H groups in total. The van der Waals surface area contributed by atoms with E-state index in [9.17, 15) is 24.3 Å². The van der Waals surface area contributed by atoms with Crippen molar-refractivity contribution in [1.82, 2.24) is 0 Å². The second-order valence-electron chi connectivity index (χ2n) is 5.79. The Labute approximate surface area is 195 Å². The number of ketones is 2. The van der Waals surface area contributed by atoms with Crippen molar-refractivity contribution in [2.45, 2.75) is 37.6 Å². The number of hydrogen-bond donors (Lipinski definition) is 0. The maximum atomic E-state index is 11.2. The number of ether oxygens (including phenoxy) is 3. The van der Waals surface area contributed by atoms with E-state index in [1.807, 2.05) is 0 Å². The number of Topliss-reactive ketones (excluding diaryl/α,β-unsaturated/α-hetero) is 2. The molecule has 0 saturated carbocycles. The van der Waals surface area contributed by atoms with Gasteiger partial charge in [-0.3, -0.25) is 9.59 Å². The maximum Gasteiger partial charge on any atom is 1.00 e. The molecule has 0 aromatic heterocycles. The molecule has 2 rings (SSSR count). The molecule has 152 valence electrons. The smallest absolute Gasteiger partial charge is 0.545 e. The molecule has 0 aromatic carbocycles. The van der Waals surface area contributed by atoms with Crippen LogP contribution in [0.2, 0.25) is 0 Å². The van der Waals surface area contributed by atoms with Crippen molar-refractivity contribution in [2.24, 2.45) is 0 Å². The van der Waals surface area contributed by atoms with Gasteiger partial charge in [0.15, 0.2) is 17.7 Å². The average molecular weight is 471 g/mol. The van der Waals surface area contributed by atoms with Gasteiger partial charge in [0.05, 0.1) is 37.2 Å². The molecule has 2 atom stereocenters. The van der Waals surface area contributed by atoms with Crippen LogP contribution in [-0.4, -0.2) is 60.9 Å². The van der Waals surface area contributed by atoms with Gasteiger partial charge in [0.2, 0.25) is 0 Å². The quantitative estimate of drug-likeness (QED) is 0.192. The topological polar surface area (TPSA) is 119 Å². The molecular formula is C18H24BrNaO8. The van der Waals surface area contributed by atoms with Crippen LogP contribution in [0.4, 0.5) is 0 Å². The van der Waals surface area contributed by atoms with E-state index in [1.165, 1.54) is 13.8 Å². The second-order valence-corrected chi connectivity index (χ2v) is 6.90. The first-order valence-corrected chi connectivity index (χ1v) is 9.06. The molecule has 2 aliphatic rings. The molecule has 0 bridgehead atoms. The van der Waals surface area contributed by atoms with Gasteiger partial charge in [0.25, 0.3) is 0 Å². The van der Waals surface area contributed by atoms with Gasteiger partial charge < -0.3 is 24.1 Å². The molecule has 28 heavy (non-hydrogen) atoms. The van der Waals surface area contributed by atoms with Gasteiger partial charge in [-0.15, -0.1) is 0 Å². The van der Waals surface area contributed by atoms with Gasteiger partial charge >= 0.3 is 35.5 Å². The van der Waals surface area contributed by atoms with Crippen LogP contribution in [0, 0.1) is 0 Å². The van der Waals surface area contributed by atoms with E-state index in [2.05, 4.69) is 29.1 Å². The number of carbonyl (C=O) groups is 4. The van der Waals surface area contributed by atoms with E-state index >= 15 is 0 Å². The third kappa shape index (κ3) is 13.4. The zero-order chi connectivity index (χ0) is 21.0. The fraction of sp³-hybridized carbons (Fsp3) is 0.556. The Kier molecular flexibility index (Phi) is 16.8. The van der Waals surface area contributed by atoms with Crippen LogP contribution in [0.1, 0.15) is 26.7 Å². The number of alkyl halides is 1. The fourth-order valence-corrected chi connectivity index (χ4v) is 1.97. The Bertz CT molecular complexity index is 578. The molecule has 0 amide bonds. The molecule has 2 saturated heterocycles. The first-order chi connectivity index (χ1) is 12.6. The van der Waals surface area contributed by atoms with Crippen LogP contribution in [0.15, 0.2) is 24.3 Å². The number of rotatable bonds is 3. The summed E-state index contributed by atoms with van der Waals surface area (Å²) in [6, 6.07) is 0. The summed E-state index contributed by atoms with van der Waals surface area (Å²) < 4.78 is 14.8. The van der Waals surface area contributed by atoms with Crippen molar-refractivity contribution < 1.29 is 68.1 Å². The van der Waals surface area contributed by atoms with Crippen molar-refractivity contribution in [3.63, 3.8) is 0 Å². The van der Waals surface area contributed by atoms with Crippen molar-refractivity contribution in [2.75, 3.05) is 26.4 Å². The van der Waals surface area contributed by atoms with Crippen LogP contribution >= 0.6 is 15.9 Å². The number of hydrogen-bond acceptors (Lipinski definition) is 8. The summed E-state index contributed by atoms with van der Waals surface area (Å²) in [6.45, 7) is 11.2. The first kappa shape index (κ1) is 29.4. The molecule has 2 fully saturated rings. The van der Waals surface area contributed by atoms with Gasteiger partial charge in [0.1, 0.15) is 0 Å². The first-order valence-electron chi connectivity index (χ1n) is 8.14.